The SMILES string of the molecule is CC1CN(c2ccc(NC[C@H]3CC[C@H](N)CC3)cc2)CC(C)N1CC(F)(F)F. The Morgan fingerprint density at radius 1 is 1.00 bits per heavy atom. The molecule has 1 saturated heterocycles. The maximum absolute atomic E-state index is 12.8. The highest BCUT2D eigenvalue weighted by atomic mass is 19.4. The largest absolute Gasteiger partial charge is 0.401 e. The Hall–Kier alpha value is -1.47. The number of nitrogens with two attached hydrogens (primary N) is 1. The molecule has 0 amide bonds. The highest BCUT2D eigenvalue weighted by Crippen LogP contribution is 2.28. The van der Waals surface area contributed by atoms with E-state index in [2.05, 4.69) is 34.5 Å². The second-order valence-corrected chi connectivity index (χ2v) is 8.60. The molecule has 2 fully saturated rings. The second kappa shape index (κ2) is 8.91. The van der Waals surface area contributed by atoms with Crippen LogP contribution in [-0.2, 0) is 0 Å². The van der Waals surface area contributed by atoms with Crippen molar-refractivity contribution in [1.82, 2.24) is 4.90 Å². The maximum Gasteiger partial charge on any atom is 0.401 e. The molecule has 0 radical (unpaired) electrons. The van der Waals surface area contributed by atoms with Crippen molar-refractivity contribution >= 4 is 11.4 Å². The van der Waals surface area contributed by atoms with Gasteiger partial charge in [-0.05, 0) is 69.7 Å². The summed E-state index contributed by atoms with van der Waals surface area (Å²) in [5, 5.41) is 3.52. The van der Waals surface area contributed by atoms with Crippen LogP contribution in [0.4, 0.5) is 24.5 Å². The second-order valence-electron chi connectivity index (χ2n) is 8.60. The van der Waals surface area contributed by atoms with Crippen LogP contribution < -0.4 is 16.0 Å². The summed E-state index contributed by atoms with van der Waals surface area (Å²) in [4.78, 5) is 3.75. The van der Waals surface area contributed by atoms with Crippen molar-refractivity contribution in [2.24, 2.45) is 11.7 Å². The summed E-state index contributed by atoms with van der Waals surface area (Å²) in [6.07, 6.45) is 0.444. The van der Waals surface area contributed by atoms with Gasteiger partial charge in [0.25, 0.3) is 0 Å². The van der Waals surface area contributed by atoms with E-state index in [9.17, 15) is 13.2 Å². The first kappa shape index (κ1) is 21.2. The molecular weight excluding hydrogens is 365 g/mol. The van der Waals surface area contributed by atoms with Crippen LogP contribution in [0.2, 0.25) is 0 Å². The Balaban J connectivity index is 1.52. The summed E-state index contributed by atoms with van der Waals surface area (Å²) >= 11 is 0. The third-order valence-electron chi connectivity index (χ3n) is 6.18. The van der Waals surface area contributed by atoms with Gasteiger partial charge >= 0.3 is 6.18 Å². The summed E-state index contributed by atoms with van der Waals surface area (Å²) in [6, 6.07) is 8.37. The quantitative estimate of drug-likeness (QED) is 0.785. The van der Waals surface area contributed by atoms with Crippen LogP contribution in [0.1, 0.15) is 39.5 Å². The molecule has 0 bridgehead atoms. The average Bonchev–Trinajstić information content (AvgIpc) is 2.64. The van der Waals surface area contributed by atoms with Gasteiger partial charge < -0.3 is 16.0 Å². The predicted molar refractivity (Wildman–Crippen MR) is 109 cm³/mol. The normalized spacial score (nSPS) is 29.7. The summed E-state index contributed by atoms with van der Waals surface area (Å²) in [6.45, 7) is 5.10. The molecule has 2 aliphatic rings. The van der Waals surface area contributed by atoms with Crippen LogP contribution in [0.15, 0.2) is 24.3 Å². The summed E-state index contributed by atoms with van der Waals surface area (Å²) in [5.74, 6) is 0.683. The van der Waals surface area contributed by atoms with Crippen molar-refractivity contribution in [3.63, 3.8) is 0 Å². The lowest BCUT2D eigenvalue weighted by atomic mass is 9.86. The first-order valence-electron chi connectivity index (χ1n) is 10.4. The minimum atomic E-state index is -4.15. The first-order valence-corrected chi connectivity index (χ1v) is 10.4. The van der Waals surface area contributed by atoms with Gasteiger partial charge in [-0.2, -0.15) is 13.2 Å². The van der Waals surface area contributed by atoms with Gasteiger partial charge in [-0.15, -0.1) is 0 Å². The molecule has 1 aromatic carbocycles. The van der Waals surface area contributed by atoms with E-state index in [0.29, 0.717) is 25.0 Å². The Kier molecular flexibility index (Phi) is 6.76. The highest BCUT2D eigenvalue weighted by Gasteiger charge is 2.38. The van der Waals surface area contributed by atoms with Crippen molar-refractivity contribution in [2.45, 2.75) is 63.8 Å². The van der Waals surface area contributed by atoms with Crippen molar-refractivity contribution < 1.29 is 13.2 Å². The Morgan fingerprint density at radius 2 is 1.57 bits per heavy atom. The van der Waals surface area contributed by atoms with E-state index < -0.39 is 12.7 Å². The van der Waals surface area contributed by atoms with Crippen molar-refractivity contribution in [3.05, 3.63) is 24.3 Å². The summed E-state index contributed by atoms with van der Waals surface area (Å²) < 4.78 is 38.4. The van der Waals surface area contributed by atoms with Crippen LogP contribution >= 0.6 is 0 Å². The average molecular weight is 399 g/mol. The molecule has 3 rings (SSSR count). The van der Waals surface area contributed by atoms with Gasteiger partial charge in [-0.25, -0.2) is 0 Å². The monoisotopic (exact) mass is 398 g/mol. The molecule has 2 unspecified atom stereocenters. The zero-order valence-corrected chi connectivity index (χ0v) is 16.9. The van der Waals surface area contributed by atoms with Gasteiger partial charge in [0.05, 0.1) is 6.54 Å². The number of nitrogens with zero attached hydrogens (tertiary/aromatic N) is 2. The number of hydrogen-bond acceptors (Lipinski definition) is 4. The zero-order chi connectivity index (χ0) is 20.3. The number of benzene rings is 1. The fourth-order valence-corrected chi connectivity index (χ4v) is 4.53. The topological polar surface area (TPSA) is 44.5 Å². The van der Waals surface area contributed by atoms with Gasteiger partial charge in [-0.3, -0.25) is 4.90 Å². The first-order chi connectivity index (χ1) is 13.2. The molecule has 28 heavy (non-hydrogen) atoms. The third kappa shape index (κ3) is 5.77. The molecule has 0 aromatic heterocycles. The van der Waals surface area contributed by atoms with E-state index >= 15 is 0 Å². The van der Waals surface area contributed by atoms with E-state index in [0.717, 1.165) is 30.8 Å². The van der Waals surface area contributed by atoms with E-state index in [4.69, 9.17) is 5.73 Å². The smallest absolute Gasteiger partial charge is 0.385 e. The van der Waals surface area contributed by atoms with Crippen molar-refractivity contribution in [2.75, 3.05) is 36.4 Å². The maximum atomic E-state index is 12.8. The molecular formula is C21H33F3N4. The molecule has 3 N–H and O–H groups in total. The molecule has 158 valence electrons. The van der Waals surface area contributed by atoms with E-state index in [1.54, 1.807) is 4.90 Å². The number of piperazine rings is 1. The Bertz CT molecular complexity index is 599. The van der Waals surface area contributed by atoms with Crippen molar-refractivity contribution in [1.29, 1.82) is 0 Å². The van der Waals surface area contributed by atoms with E-state index in [1.807, 2.05) is 13.8 Å². The number of anilines is 2. The minimum Gasteiger partial charge on any atom is -0.385 e. The zero-order valence-electron chi connectivity index (χ0n) is 16.9. The van der Waals surface area contributed by atoms with E-state index in [-0.39, 0.29) is 12.1 Å². The molecule has 1 aliphatic carbocycles. The lowest BCUT2D eigenvalue weighted by Crippen LogP contribution is -2.58. The van der Waals surface area contributed by atoms with Gasteiger partial charge in [0, 0.05) is 49.1 Å². The van der Waals surface area contributed by atoms with Crippen LogP contribution in [-0.4, -0.2) is 55.4 Å². The lowest BCUT2D eigenvalue weighted by molar-refractivity contribution is -0.156. The molecule has 1 aromatic rings. The molecule has 1 heterocycles. The molecule has 7 heteroatoms. The van der Waals surface area contributed by atoms with E-state index in [1.165, 1.54) is 12.8 Å². The van der Waals surface area contributed by atoms with Gasteiger partial charge in [0.1, 0.15) is 0 Å². The number of rotatable bonds is 5. The summed E-state index contributed by atoms with van der Waals surface area (Å²) in [5.41, 5.74) is 8.13. The number of alkyl halides is 3. The van der Waals surface area contributed by atoms with Crippen LogP contribution in [0.3, 0.4) is 0 Å². The Morgan fingerprint density at radius 3 is 2.11 bits per heavy atom. The molecule has 2 atom stereocenters. The number of nitrogens with one attached hydrogen (secondary N) is 1. The van der Waals surface area contributed by atoms with Crippen LogP contribution in [0.25, 0.3) is 0 Å². The lowest BCUT2D eigenvalue weighted by Gasteiger charge is -2.45. The minimum absolute atomic E-state index is 0.138. The Labute approximate surface area is 166 Å². The molecule has 4 nitrogen and oxygen atoms in total. The highest BCUT2D eigenvalue weighted by molar-refractivity contribution is 5.55. The standard InChI is InChI=1S/C21H33F3N4/c1-15-12-27(13-16(2)28(15)14-21(22,23)24)20-9-7-19(8-10-20)26-11-17-3-5-18(25)6-4-17/h7-10,15-18,26H,3-6,11-14,25H2,1-2H3/t15?,16?,17-,18-. The molecule has 1 saturated carbocycles. The fraction of sp³-hybridized carbons (Fsp3) is 0.714. The van der Waals surface area contributed by atoms with Gasteiger partial charge in [0.15, 0.2) is 0 Å². The van der Waals surface area contributed by atoms with Gasteiger partial charge in [0.2, 0.25) is 0 Å². The predicted octanol–water partition coefficient (Wildman–Crippen LogP) is 4.08. The fourth-order valence-electron chi connectivity index (χ4n) is 4.53. The van der Waals surface area contributed by atoms with Crippen LogP contribution in [0.5, 0.6) is 0 Å². The summed E-state index contributed by atoms with van der Waals surface area (Å²) in [7, 11) is 0. The number of hydrogen-bond donors (Lipinski definition) is 2. The van der Waals surface area contributed by atoms with Crippen molar-refractivity contribution in [3.8, 4) is 0 Å². The van der Waals surface area contributed by atoms with Crippen LogP contribution in [0, 0.1) is 5.92 Å². The number of halogens is 3. The molecule has 1 aliphatic heterocycles. The molecule has 0 spiro atoms. The third-order valence-corrected chi connectivity index (χ3v) is 6.18. The van der Waals surface area contributed by atoms with Gasteiger partial charge in [-0.1, -0.05) is 0 Å².